The van der Waals surface area contributed by atoms with Crippen molar-refractivity contribution in [1.82, 2.24) is 10.2 Å². The highest BCUT2D eigenvalue weighted by molar-refractivity contribution is 5.01. The van der Waals surface area contributed by atoms with Crippen molar-refractivity contribution in [3.8, 4) is 0 Å². The van der Waals surface area contributed by atoms with Crippen LogP contribution in [0.1, 0.15) is 33.6 Å². The summed E-state index contributed by atoms with van der Waals surface area (Å²) in [5.41, 5.74) is 0.428. The predicted molar refractivity (Wildman–Crippen MR) is 66.6 cm³/mol. The lowest BCUT2D eigenvalue weighted by atomic mass is 9.86. The Morgan fingerprint density at radius 2 is 2.12 bits per heavy atom. The van der Waals surface area contributed by atoms with Gasteiger partial charge < -0.3 is 10.1 Å². The Bertz CT molecular complexity index is 242. The Kier molecular flexibility index (Phi) is 3.57. The first-order chi connectivity index (χ1) is 7.56. The van der Waals surface area contributed by atoms with Crippen LogP contribution in [0.3, 0.4) is 0 Å². The summed E-state index contributed by atoms with van der Waals surface area (Å²) in [6, 6.07) is 1.88. The van der Waals surface area contributed by atoms with Crippen LogP contribution in [0.25, 0.3) is 0 Å². The van der Waals surface area contributed by atoms with E-state index in [1.54, 1.807) is 0 Å². The molecule has 0 aromatic rings. The number of hydrogen-bond acceptors (Lipinski definition) is 3. The van der Waals surface area contributed by atoms with Crippen molar-refractivity contribution in [2.75, 3.05) is 26.8 Å². The van der Waals surface area contributed by atoms with Crippen LogP contribution in [0.5, 0.6) is 0 Å². The molecule has 1 aliphatic carbocycles. The number of likely N-dealkylation sites (N-methyl/N-ethyl adjacent to an activating group) is 1. The topological polar surface area (TPSA) is 24.5 Å². The Balaban J connectivity index is 2.08. The number of nitrogens with one attached hydrogen (secondary N) is 1. The van der Waals surface area contributed by atoms with Gasteiger partial charge in [0.05, 0.1) is 13.2 Å². The summed E-state index contributed by atoms with van der Waals surface area (Å²) >= 11 is 0. The lowest BCUT2D eigenvalue weighted by molar-refractivity contribution is -0.0285. The predicted octanol–water partition coefficient (Wildman–Crippen LogP) is 1.48. The Morgan fingerprint density at radius 1 is 1.38 bits per heavy atom. The van der Waals surface area contributed by atoms with E-state index in [4.69, 9.17) is 4.74 Å². The summed E-state index contributed by atoms with van der Waals surface area (Å²) in [7, 11) is 2.11. The molecule has 1 aliphatic heterocycles. The summed E-state index contributed by atoms with van der Waals surface area (Å²) in [4.78, 5) is 2.65. The first kappa shape index (κ1) is 12.3. The number of ether oxygens (including phenoxy) is 1. The number of nitrogens with zero attached hydrogens (tertiary/aromatic N) is 1. The average molecular weight is 226 g/mol. The fourth-order valence-electron chi connectivity index (χ4n) is 3.54. The summed E-state index contributed by atoms with van der Waals surface area (Å²) in [5.74, 6) is 0. The standard InChI is InChI=1S/C13H26N2O/c1-10-9-16-8-7-15(10)11-5-6-13(2,3)12(11)14-4/h10-12,14H,5-9H2,1-4H3. The van der Waals surface area contributed by atoms with Gasteiger partial charge in [-0.2, -0.15) is 0 Å². The minimum absolute atomic E-state index is 0.428. The van der Waals surface area contributed by atoms with Crippen molar-refractivity contribution in [2.24, 2.45) is 5.41 Å². The van der Waals surface area contributed by atoms with E-state index in [1.807, 2.05) is 0 Å². The Morgan fingerprint density at radius 3 is 2.75 bits per heavy atom. The monoisotopic (exact) mass is 226 g/mol. The van der Waals surface area contributed by atoms with Gasteiger partial charge in [-0.05, 0) is 32.2 Å². The number of morpholine rings is 1. The van der Waals surface area contributed by atoms with Crippen LogP contribution >= 0.6 is 0 Å². The molecule has 1 N–H and O–H groups in total. The van der Waals surface area contributed by atoms with Gasteiger partial charge >= 0.3 is 0 Å². The largest absolute Gasteiger partial charge is 0.379 e. The van der Waals surface area contributed by atoms with Gasteiger partial charge in [0.25, 0.3) is 0 Å². The van der Waals surface area contributed by atoms with Gasteiger partial charge in [-0.3, -0.25) is 4.90 Å². The van der Waals surface area contributed by atoms with Crippen LogP contribution in [0.4, 0.5) is 0 Å². The van der Waals surface area contributed by atoms with Gasteiger partial charge in [0.2, 0.25) is 0 Å². The second-order valence-electron chi connectivity index (χ2n) is 6.02. The second-order valence-corrected chi connectivity index (χ2v) is 6.02. The molecule has 3 unspecified atom stereocenters. The first-order valence-corrected chi connectivity index (χ1v) is 6.57. The van der Waals surface area contributed by atoms with Crippen LogP contribution in [0.2, 0.25) is 0 Å². The summed E-state index contributed by atoms with van der Waals surface area (Å²) in [5, 5.41) is 3.54. The summed E-state index contributed by atoms with van der Waals surface area (Å²) in [6.45, 7) is 9.96. The maximum atomic E-state index is 5.53. The molecule has 1 saturated heterocycles. The molecule has 0 amide bonds. The highest BCUT2D eigenvalue weighted by Crippen LogP contribution is 2.40. The molecule has 0 radical (unpaired) electrons. The van der Waals surface area contributed by atoms with Crippen molar-refractivity contribution in [3.05, 3.63) is 0 Å². The lowest BCUT2D eigenvalue weighted by Crippen LogP contribution is -2.56. The van der Waals surface area contributed by atoms with E-state index in [0.717, 1.165) is 19.8 Å². The molecular formula is C13H26N2O. The van der Waals surface area contributed by atoms with E-state index in [-0.39, 0.29) is 0 Å². The maximum absolute atomic E-state index is 5.53. The molecule has 3 atom stereocenters. The van der Waals surface area contributed by atoms with Crippen LogP contribution < -0.4 is 5.32 Å². The molecule has 1 saturated carbocycles. The van der Waals surface area contributed by atoms with Gasteiger partial charge in [-0.25, -0.2) is 0 Å². The van der Waals surface area contributed by atoms with E-state index in [2.05, 4.69) is 38.0 Å². The van der Waals surface area contributed by atoms with Crippen molar-refractivity contribution in [3.63, 3.8) is 0 Å². The lowest BCUT2D eigenvalue weighted by Gasteiger charge is -2.42. The van der Waals surface area contributed by atoms with Crippen LogP contribution in [0.15, 0.2) is 0 Å². The number of rotatable bonds is 2. The highest BCUT2D eigenvalue weighted by atomic mass is 16.5. The molecule has 2 rings (SSSR count). The summed E-state index contributed by atoms with van der Waals surface area (Å²) < 4.78 is 5.53. The minimum atomic E-state index is 0.428. The SMILES string of the molecule is CNC1C(N2CCOCC2C)CCC1(C)C. The third-order valence-electron chi connectivity index (χ3n) is 4.47. The van der Waals surface area contributed by atoms with Crippen molar-refractivity contribution < 1.29 is 4.74 Å². The van der Waals surface area contributed by atoms with E-state index < -0.39 is 0 Å². The molecular weight excluding hydrogens is 200 g/mol. The first-order valence-electron chi connectivity index (χ1n) is 6.57. The molecule has 0 spiro atoms. The minimum Gasteiger partial charge on any atom is -0.379 e. The van der Waals surface area contributed by atoms with Crippen LogP contribution in [-0.4, -0.2) is 49.8 Å². The van der Waals surface area contributed by atoms with Crippen molar-refractivity contribution >= 4 is 0 Å². The number of hydrogen-bond donors (Lipinski definition) is 1. The molecule has 94 valence electrons. The Labute approximate surface area is 99.5 Å². The van der Waals surface area contributed by atoms with E-state index in [0.29, 0.717) is 23.5 Å². The van der Waals surface area contributed by atoms with Gasteiger partial charge in [-0.1, -0.05) is 13.8 Å². The molecule has 2 aliphatic rings. The molecule has 1 heterocycles. The van der Waals surface area contributed by atoms with Gasteiger partial charge in [0, 0.05) is 24.7 Å². The van der Waals surface area contributed by atoms with Crippen LogP contribution in [0, 0.1) is 5.41 Å². The maximum Gasteiger partial charge on any atom is 0.0619 e. The van der Waals surface area contributed by atoms with Gasteiger partial charge in [0.15, 0.2) is 0 Å². The molecule has 0 bridgehead atoms. The summed E-state index contributed by atoms with van der Waals surface area (Å²) in [6.07, 6.45) is 2.65. The molecule has 0 aromatic carbocycles. The Hall–Kier alpha value is -0.120. The zero-order valence-corrected chi connectivity index (χ0v) is 11.1. The average Bonchev–Trinajstić information content (AvgIpc) is 2.54. The van der Waals surface area contributed by atoms with Crippen molar-refractivity contribution in [1.29, 1.82) is 0 Å². The third kappa shape index (κ3) is 2.13. The smallest absolute Gasteiger partial charge is 0.0619 e. The molecule has 16 heavy (non-hydrogen) atoms. The van der Waals surface area contributed by atoms with E-state index in [9.17, 15) is 0 Å². The molecule has 3 nitrogen and oxygen atoms in total. The van der Waals surface area contributed by atoms with Crippen molar-refractivity contribution in [2.45, 2.75) is 51.7 Å². The fraction of sp³-hybridized carbons (Fsp3) is 1.00. The van der Waals surface area contributed by atoms with Gasteiger partial charge in [-0.15, -0.1) is 0 Å². The third-order valence-corrected chi connectivity index (χ3v) is 4.47. The zero-order chi connectivity index (χ0) is 11.8. The quantitative estimate of drug-likeness (QED) is 0.772. The fourth-order valence-corrected chi connectivity index (χ4v) is 3.54. The molecule has 2 fully saturated rings. The highest BCUT2D eigenvalue weighted by Gasteiger charge is 2.44. The molecule has 0 aromatic heterocycles. The van der Waals surface area contributed by atoms with E-state index in [1.165, 1.54) is 12.8 Å². The van der Waals surface area contributed by atoms with Gasteiger partial charge in [0.1, 0.15) is 0 Å². The molecule has 3 heteroatoms. The van der Waals surface area contributed by atoms with E-state index >= 15 is 0 Å². The zero-order valence-electron chi connectivity index (χ0n) is 11.1. The second kappa shape index (κ2) is 4.63. The van der Waals surface area contributed by atoms with Crippen LogP contribution in [-0.2, 0) is 4.74 Å². The normalized spacial score (nSPS) is 40.1.